The lowest BCUT2D eigenvalue weighted by molar-refractivity contribution is -0.119. The van der Waals surface area contributed by atoms with Crippen molar-refractivity contribution in [1.29, 1.82) is 0 Å². The van der Waals surface area contributed by atoms with E-state index in [2.05, 4.69) is 13.8 Å². The number of carbonyl (C=O) groups is 1. The highest BCUT2D eigenvalue weighted by molar-refractivity contribution is 5.78. The fourth-order valence-corrected chi connectivity index (χ4v) is 3.39. The van der Waals surface area contributed by atoms with Gasteiger partial charge < -0.3 is 0 Å². The number of rotatable bonds is 20. The molecular weight excluding hydrogens is 292 g/mol. The molecule has 0 aliphatic carbocycles. The van der Waals surface area contributed by atoms with Crippen LogP contribution >= 0.6 is 0 Å². The summed E-state index contributed by atoms with van der Waals surface area (Å²) in [7, 11) is 0. The highest BCUT2D eigenvalue weighted by Gasteiger charge is 2.02. The van der Waals surface area contributed by atoms with Gasteiger partial charge in [0.2, 0.25) is 0 Å². The standard InChI is InChI=1S/C23H46O/c1-3-5-7-9-11-13-15-17-19-21-23(24)22-20-18-16-14-12-10-8-6-4-2/h3-22H2,1-2H3. The summed E-state index contributed by atoms with van der Waals surface area (Å²) < 4.78 is 0. The van der Waals surface area contributed by atoms with Crippen LogP contribution in [0.3, 0.4) is 0 Å². The Bertz CT molecular complexity index is 222. The minimum Gasteiger partial charge on any atom is -0.300 e. The molecule has 0 saturated heterocycles. The second-order valence-electron chi connectivity index (χ2n) is 7.70. The monoisotopic (exact) mass is 338 g/mol. The van der Waals surface area contributed by atoms with Crippen molar-refractivity contribution >= 4 is 5.78 Å². The SMILES string of the molecule is CCCCCCCCCCCC(=O)CCCCCCCCCCC. The molecule has 144 valence electrons. The Labute approximate surface area is 153 Å². The van der Waals surface area contributed by atoms with Gasteiger partial charge in [0.15, 0.2) is 0 Å². The van der Waals surface area contributed by atoms with Gasteiger partial charge in [-0.25, -0.2) is 0 Å². The van der Waals surface area contributed by atoms with Gasteiger partial charge in [-0.1, -0.05) is 117 Å². The minimum absolute atomic E-state index is 0.515. The van der Waals surface area contributed by atoms with E-state index < -0.39 is 0 Å². The summed E-state index contributed by atoms with van der Waals surface area (Å²) in [4.78, 5) is 11.9. The average Bonchev–Trinajstić information content (AvgIpc) is 2.59. The molecule has 0 aromatic rings. The maximum absolute atomic E-state index is 11.9. The van der Waals surface area contributed by atoms with Crippen LogP contribution in [0.15, 0.2) is 0 Å². The van der Waals surface area contributed by atoms with Crippen molar-refractivity contribution in [1.82, 2.24) is 0 Å². The predicted molar refractivity (Wildman–Crippen MR) is 109 cm³/mol. The lowest BCUT2D eigenvalue weighted by Gasteiger charge is -2.03. The van der Waals surface area contributed by atoms with Gasteiger partial charge in [-0.05, 0) is 12.8 Å². The molecule has 1 heteroatoms. The summed E-state index contributed by atoms with van der Waals surface area (Å²) in [6.07, 6.45) is 25.8. The molecule has 0 rings (SSSR count). The first-order valence-electron chi connectivity index (χ1n) is 11.3. The van der Waals surface area contributed by atoms with Crippen LogP contribution < -0.4 is 0 Å². The van der Waals surface area contributed by atoms with E-state index in [0.717, 1.165) is 25.7 Å². The van der Waals surface area contributed by atoms with Gasteiger partial charge in [0.25, 0.3) is 0 Å². The predicted octanol–water partition coefficient (Wildman–Crippen LogP) is 8.40. The number of hydrogen-bond donors (Lipinski definition) is 0. The van der Waals surface area contributed by atoms with E-state index in [9.17, 15) is 4.79 Å². The molecule has 0 aromatic heterocycles. The fourth-order valence-electron chi connectivity index (χ4n) is 3.39. The van der Waals surface area contributed by atoms with Gasteiger partial charge in [-0.2, -0.15) is 0 Å². The van der Waals surface area contributed by atoms with Gasteiger partial charge in [-0.3, -0.25) is 4.79 Å². The largest absolute Gasteiger partial charge is 0.300 e. The summed E-state index contributed by atoms with van der Waals surface area (Å²) in [5, 5.41) is 0. The maximum Gasteiger partial charge on any atom is 0.132 e. The summed E-state index contributed by atoms with van der Waals surface area (Å²) in [6.45, 7) is 4.54. The molecule has 0 amide bonds. The summed E-state index contributed by atoms with van der Waals surface area (Å²) in [5.74, 6) is 0.515. The number of carbonyl (C=O) groups excluding carboxylic acids is 1. The first-order valence-corrected chi connectivity index (χ1v) is 11.3. The lowest BCUT2D eigenvalue weighted by Crippen LogP contribution is -1.97. The molecule has 0 bridgehead atoms. The van der Waals surface area contributed by atoms with Crippen molar-refractivity contribution < 1.29 is 4.79 Å². The van der Waals surface area contributed by atoms with Crippen molar-refractivity contribution in [2.45, 2.75) is 142 Å². The highest BCUT2D eigenvalue weighted by Crippen LogP contribution is 2.13. The van der Waals surface area contributed by atoms with Crippen LogP contribution in [0.2, 0.25) is 0 Å². The molecule has 0 atom stereocenters. The molecule has 0 unspecified atom stereocenters. The second kappa shape index (κ2) is 20.7. The first-order chi connectivity index (χ1) is 11.8. The van der Waals surface area contributed by atoms with E-state index in [4.69, 9.17) is 0 Å². The lowest BCUT2D eigenvalue weighted by atomic mass is 10.0. The van der Waals surface area contributed by atoms with E-state index in [1.807, 2.05) is 0 Å². The number of Topliss-reactive ketones (excluding diaryl/α,β-unsaturated/α-hetero) is 1. The third kappa shape index (κ3) is 19.7. The molecular formula is C23H46O. The number of hydrogen-bond acceptors (Lipinski definition) is 1. The Balaban J connectivity index is 3.13. The van der Waals surface area contributed by atoms with E-state index in [-0.39, 0.29) is 0 Å². The van der Waals surface area contributed by atoms with Gasteiger partial charge >= 0.3 is 0 Å². The third-order valence-electron chi connectivity index (χ3n) is 5.12. The molecule has 0 aliphatic heterocycles. The summed E-state index contributed by atoms with van der Waals surface area (Å²) in [5.41, 5.74) is 0. The van der Waals surface area contributed by atoms with E-state index in [1.54, 1.807) is 0 Å². The van der Waals surface area contributed by atoms with Crippen molar-refractivity contribution in [3.63, 3.8) is 0 Å². The fraction of sp³-hybridized carbons (Fsp3) is 0.957. The third-order valence-corrected chi connectivity index (χ3v) is 5.12. The Morgan fingerprint density at radius 3 is 0.958 bits per heavy atom. The van der Waals surface area contributed by atoms with E-state index in [0.29, 0.717) is 5.78 Å². The normalized spacial score (nSPS) is 11.1. The van der Waals surface area contributed by atoms with Gasteiger partial charge in [0, 0.05) is 12.8 Å². The molecule has 0 fully saturated rings. The van der Waals surface area contributed by atoms with Gasteiger partial charge in [0.05, 0.1) is 0 Å². The van der Waals surface area contributed by atoms with Crippen molar-refractivity contribution in [2.24, 2.45) is 0 Å². The van der Waals surface area contributed by atoms with Crippen LogP contribution in [0.5, 0.6) is 0 Å². The Morgan fingerprint density at radius 1 is 0.417 bits per heavy atom. The van der Waals surface area contributed by atoms with E-state index in [1.165, 1.54) is 103 Å². The van der Waals surface area contributed by atoms with Crippen molar-refractivity contribution in [3.8, 4) is 0 Å². The minimum atomic E-state index is 0.515. The first kappa shape index (κ1) is 23.7. The second-order valence-corrected chi connectivity index (χ2v) is 7.70. The maximum atomic E-state index is 11.9. The molecule has 0 saturated carbocycles. The highest BCUT2D eigenvalue weighted by atomic mass is 16.1. The van der Waals surface area contributed by atoms with Crippen molar-refractivity contribution in [2.75, 3.05) is 0 Å². The zero-order valence-corrected chi connectivity index (χ0v) is 17.1. The van der Waals surface area contributed by atoms with Crippen molar-refractivity contribution in [3.05, 3.63) is 0 Å². The molecule has 1 nitrogen and oxygen atoms in total. The molecule has 24 heavy (non-hydrogen) atoms. The molecule has 0 heterocycles. The summed E-state index contributed by atoms with van der Waals surface area (Å²) >= 11 is 0. The zero-order valence-electron chi connectivity index (χ0n) is 17.1. The van der Waals surface area contributed by atoms with E-state index >= 15 is 0 Å². The Kier molecular flexibility index (Phi) is 20.4. The average molecular weight is 339 g/mol. The Morgan fingerprint density at radius 2 is 0.667 bits per heavy atom. The van der Waals surface area contributed by atoms with Gasteiger partial charge in [-0.15, -0.1) is 0 Å². The quantitative estimate of drug-likeness (QED) is 0.204. The molecule has 0 N–H and O–H groups in total. The van der Waals surface area contributed by atoms with Gasteiger partial charge in [0.1, 0.15) is 5.78 Å². The Hall–Kier alpha value is -0.330. The summed E-state index contributed by atoms with van der Waals surface area (Å²) in [6, 6.07) is 0. The van der Waals surface area contributed by atoms with Crippen LogP contribution in [0.25, 0.3) is 0 Å². The van der Waals surface area contributed by atoms with Crippen LogP contribution in [0.4, 0.5) is 0 Å². The smallest absolute Gasteiger partial charge is 0.132 e. The topological polar surface area (TPSA) is 17.1 Å². The van der Waals surface area contributed by atoms with Crippen LogP contribution in [-0.4, -0.2) is 5.78 Å². The van der Waals surface area contributed by atoms with Crippen LogP contribution in [0, 0.1) is 0 Å². The molecule has 0 radical (unpaired) electrons. The van der Waals surface area contributed by atoms with Crippen LogP contribution in [0.1, 0.15) is 142 Å². The molecule has 0 spiro atoms. The number of ketones is 1. The zero-order chi connectivity index (χ0) is 17.7. The number of unbranched alkanes of at least 4 members (excludes halogenated alkanes) is 16. The molecule has 0 aliphatic rings. The van der Waals surface area contributed by atoms with Crippen LogP contribution in [-0.2, 0) is 4.79 Å². The molecule has 0 aromatic carbocycles.